The summed E-state index contributed by atoms with van der Waals surface area (Å²) in [6, 6.07) is 4.75. The molecular formula is C24H27NO6. The van der Waals surface area contributed by atoms with Crippen LogP contribution in [0.25, 0.3) is 0 Å². The predicted octanol–water partition coefficient (Wildman–Crippen LogP) is 1.72. The first-order valence-corrected chi connectivity index (χ1v) is 10.5. The molecule has 0 amide bonds. The molecule has 0 aliphatic heterocycles. The van der Waals surface area contributed by atoms with Gasteiger partial charge in [-0.1, -0.05) is 19.1 Å². The van der Waals surface area contributed by atoms with Gasteiger partial charge < -0.3 is 15.1 Å². The third-order valence-electron chi connectivity index (χ3n) is 7.42. The summed E-state index contributed by atoms with van der Waals surface area (Å²) >= 11 is 0. The monoisotopic (exact) mass is 425 g/mol. The zero-order chi connectivity index (χ0) is 22.9. The van der Waals surface area contributed by atoms with Crippen LogP contribution in [0.2, 0.25) is 0 Å². The maximum absolute atomic E-state index is 13.7. The van der Waals surface area contributed by atoms with E-state index in [2.05, 4.69) is 0 Å². The molecule has 0 spiro atoms. The van der Waals surface area contributed by atoms with Gasteiger partial charge in [0, 0.05) is 31.6 Å². The van der Waals surface area contributed by atoms with Crippen molar-refractivity contribution in [2.75, 3.05) is 14.1 Å². The highest BCUT2D eigenvalue weighted by atomic mass is 16.3. The van der Waals surface area contributed by atoms with Gasteiger partial charge in [0.05, 0.1) is 29.4 Å². The van der Waals surface area contributed by atoms with E-state index in [4.69, 9.17) is 0 Å². The Kier molecular flexibility index (Phi) is 4.92. The van der Waals surface area contributed by atoms with Gasteiger partial charge in [-0.2, -0.15) is 0 Å². The molecule has 0 bridgehead atoms. The van der Waals surface area contributed by atoms with Crippen LogP contribution in [0.15, 0.2) is 29.5 Å². The van der Waals surface area contributed by atoms with Gasteiger partial charge in [0.2, 0.25) is 0 Å². The number of phenols is 1. The fraction of sp³-hybridized carbons (Fsp3) is 0.500. The van der Waals surface area contributed by atoms with Crippen LogP contribution < -0.4 is 0 Å². The predicted molar refractivity (Wildman–Crippen MR) is 111 cm³/mol. The number of carbonyl (C=O) groups is 4. The van der Waals surface area contributed by atoms with E-state index in [1.807, 2.05) is 6.92 Å². The number of allylic oxidation sites excluding steroid dienone is 1. The lowest BCUT2D eigenvalue weighted by molar-refractivity contribution is -0.152. The normalized spacial score (nSPS) is 34.8. The number of Topliss-reactive ketones (excluding diaryl/α,β-unsaturated/α-hetero) is 4. The van der Waals surface area contributed by atoms with Crippen LogP contribution in [0.5, 0.6) is 5.75 Å². The minimum atomic E-state index is -1.27. The first-order valence-electron chi connectivity index (χ1n) is 10.5. The van der Waals surface area contributed by atoms with Gasteiger partial charge in [-0.3, -0.25) is 19.2 Å². The Morgan fingerprint density at radius 1 is 1.06 bits per heavy atom. The van der Waals surface area contributed by atoms with E-state index in [1.54, 1.807) is 38.1 Å². The number of fused-ring (bicyclic) bond motifs is 3. The van der Waals surface area contributed by atoms with Gasteiger partial charge in [-0.05, 0) is 37.0 Å². The topological polar surface area (TPSA) is 112 Å². The largest absolute Gasteiger partial charge is 0.507 e. The maximum Gasteiger partial charge on any atom is 0.177 e. The summed E-state index contributed by atoms with van der Waals surface area (Å²) in [7, 11) is 3.52. The van der Waals surface area contributed by atoms with Crippen LogP contribution in [-0.4, -0.2) is 58.4 Å². The molecule has 1 aromatic carbocycles. The lowest BCUT2D eigenvalue weighted by atomic mass is 9.52. The van der Waals surface area contributed by atoms with E-state index in [9.17, 15) is 29.4 Å². The summed E-state index contributed by atoms with van der Waals surface area (Å²) in [6.45, 7) is 4.84. The Hall–Kier alpha value is -2.80. The molecule has 31 heavy (non-hydrogen) atoms. The Bertz CT molecular complexity index is 1050. The van der Waals surface area contributed by atoms with Crippen molar-refractivity contribution in [3.8, 4) is 5.75 Å². The van der Waals surface area contributed by atoms with Crippen molar-refractivity contribution < 1.29 is 29.4 Å². The van der Waals surface area contributed by atoms with E-state index < -0.39 is 53.0 Å². The summed E-state index contributed by atoms with van der Waals surface area (Å²) in [5, 5.41) is 21.8. The Morgan fingerprint density at radius 2 is 1.71 bits per heavy atom. The summed E-state index contributed by atoms with van der Waals surface area (Å²) in [5.74, 6) is -7.74. The zero-order valence-corrected chi connectivity index (χ0v) is 18.2. The molecule has 3 aliphatic rings. The number of rotatable bonds is 2. The van der Waals surface area contributed by atoms with Crippen LogP contribution in [0, 0.1) is 29.6 Å². The van der Waals surface area contributed by atoms with E-state index in [1.165, 1.54) is 13.0 Å². The molecule has 7 nitrogen and oxygen atoms in total. The third-order valence-corrected chi connectivity index (χ3v) is 7.42. The third kappa shape index (κ3) is 2.75. The van der Waals surface area contributed by atoms with Gasteiger partial charge in [0.25, 0.3) is 0 Å². The number of aromatic hydroxyl groups is 1. The molecular weight excluding hydrogens is 398 g/mol. The second-order valence-corrected chi connectivity index (χ2v) is 9.25. The van der Waals surface area contributed by atoms with Gasteiger partial charge in [0.1, 0.15) is 11.5 Å². The Labute approximate surface area is 180 Å². The van der Waals surface area contributed by atoms with Crippen molar-refractivity contribution in [1.82, 2.24) is 4.90 Å². The Morgan fingerprint density at radius 3 is 2.29 bits per heavy atom. The van der Waals surface area contributed by atoms with Crippen molar-refractivity contribution >= 4 is 23.1 Å². The number of aliphatic hydroxyl groups excluding tert-OH is 1. The fourth-order valence-corrected chi connectivity index (χ4v) is 6.25. The highest BCUT2D eigenvalue weighted by Gasteiger charge is 2.62. The highest BCUT2D eigenvalue weighted by molar-refractivity contribution is 6.22. The van der Waals surface area contributed by atoms with Crippen LogP contribution in [0.4, 0.5) is 0 Å². The second kappa shape index (κ2) is 7.12. The molecule has 5 unspecified atom stereocenters. The molecule has 4 rings (SSSR count). The molecule has 1 fully saturated rings. The quantitative estimate of drug-likeness (QED) is 0.694. The number of phenolic OH excluding ortho intramolecular Hbond substituents is 1. The summed E-state index contributed by atoms with van der Waals surface area (Å²) in [6.07, 6.45) is -1.13. The molecule has 7 heteroatoms. The smallest absolute Gasteiger partial charge is 0.177 e. The molecule has 0 heterocycles. The number of hydrogen-bond acceptors (Lipinski definition) is 7. The SMILES string of the molecule is CC(=O)C1C(=O)C2C(=O)C3C(=O)c4c(O)cccc4[C@H](C)C3[C@H](O)C2C(N(C)C)=C1C. The lowest BCUT2D eigenvalue weighted by Gasteiger charge is -2.51. The number of carbonyl (C=O) groups excluding carboxylic acids is 4. The number of nitrogens with zero attached hydrogens (tertiary/aromatic N) is 1. The van der Waals surface area contributed by atoms with Crippen LogP contribution in [0.3, 0.4) is 0 Å². The first-order chi connectivity index (χ1) is 14.5. The fourth-order valence-electron chi connectivity index (χ4n) is 6.25. The standard InChI is InChI=1S/C24H27NO6/c1-9-12-7-6-8-13(27)16(12)23(30)18-15(9)22(29)17-19(24(18)31)21(28)14(11(3)26)10(2)20(17)25(4)5/h6-9,14-15,17-19,22,27,29H,1-5H3/t9-,14?,15?,17?,18?,19?,22-/m0/s1. The lowest BCUT2D eigenvalue weighted by Crippen LogP contribution is -2.61. The van der Waals surface area contributed by atoms with E-state index in [0.717, 1.165) is 0 Å². The molecule has 0 aromatic heterocycles. The first kappa shape index (κ1) is 21.4. The van der Waals surface area contributed by atoms with E-state index >= 15 is 0 Å². The number of hydrogen-bond donors (Lipinski definition) is 2. The van der Waals surface area contributed by atoms with E-state index in [-0.39, 0.29) is 23.0 Å². The summed E-state index contributed by atoms with van der Waals surface area (Å²) < 4.78 is 0. The van der Waals surface area contributed by atoms with Crippen molar-refractivity contribution in [1.29, 1.82) is 0 Å². The van der Waals surface area contributed by atoms with Crippen molar-refractivity contribution in [3.05, 3.63) is 40.6 Å². The molecule has 164 valence electrons. The Balaban J connectivity index is 1.94. The number of aliphatic hydroxyl groups is 1. The molecule has 2 N–H and O–H groups in total. The molecule has 1 aromatic rings. The van der Waals surface area contributed by atoms with Gasteiger partial charge >= 0.3 is 0 Å². The van der Waals surface area contributed by atoms with Crippen molar-refractivity contribution in [2.45, 2.75) is 32.8 Å². The minimum absolute atomic E-state index is 0.0844. The summed E-state index contributed by atoms with van der Waals surface area (Å²) in [4.78, 5) is 54.4. The van der Waals surface area contributed by atoms with Crippen LogP contribution in [-0.2, 0) is 14.4 Å². The van der Waals surface area contributed by atoms with Gasteiger partial charge in [-0.25, -0.2) is 0 Å². The maximum atomic E-state index is 13.7. The summed E-state index contributed by atoms with van der Waals surface area (Å²) in [5.41, 5.74) is 1.82. The molecule has 3 aliphatic carbocycles. The molecule has 0 radical (unpaired) electrons. The molecule has 0 saturated heterocycles. The second-order valence-electron chi connectivity index (χ2n) is 9.25. The average Bonchev–Trinajstić information content (AvgIpc) is 2.67. The van der Waals surface area contributed by atoms with Crippen molar-refractivity contribution in [3.63, 3.8) is 0 Å². The number of benzene rings is 1. The number of ketones is 4. The average molecular weight is 425 g/mol. The minimum Gasteiger partial charge on any atom is -0.507 e. The molecule has 7 atom stereocenters. The zero-order valence-electron chi connectivity index (χ0n) is 18.2. The van der Waals surface area contributed by atoms with Crippen molar-refractivity contribution in [2.24, 2.45) is 29.6 Å². The van der Waals surface area contributed by atoms with Gasteiger partial charge in [-0.15, -0.1) is 0 Å². The van der Waals surface area contributed by atoms with Crippen LogP contribution in [0.1, 0.15) is 42.6 Å². The molecule has 1 saturated carbocycles. The van der Waals surface area contributed by atoms with E-state index in [0.29, 0.717) is 16.8 Å². The van der Waals surface area contributed by atoms with Gasteiger partial charge in [0.15, 0.2) is 17.3 Å². The van der Waals surface area contributed by atoms with Crippen LogP contribution >= 0.6 is 0 Å². The highest BCUT2D eigenvalue weighted by Crippen LogP contribution is 2.54.